The first-order valence-corrected chi connectivity index (χ1v) is 6.28. The minimum absolute atomic E-state index is 0.320. The highest BCUT2D eigenvalue weighted by molar-refractivity contribution is 5.04. The van der Waals surface area contributed by atoms with Crippen molar-refractivity contribution in [2.75, 3.05) is 13.2 Å². The summed E-state index contributed by atoms with van der Waals surface area (Å²) in [5.74, 6) is 1.03. The lowest BCUT2D eigenvalue weighted by atomic mass is 10.1. The molecule has 0 aromatic carbocycles. The average molecular weight is 223 g/mol. The molecule has 2 heterocycles. The van der Waals surface area contributed by atoms with Gasteiger partial charge in [0.2, 0.25) is 0 Å². The van der Waals surface area contributed by atoms with Crippen molar-refractivity contribution >= 4 is 0 Å². The van der Waals surface area contributed by atoms with Crippen LogP contribution in [0.4, 0.5) is 0 Å². The lowest BCUT2D eigenvalue weighted by Gasteiger charge is -2.25. The molecule has 1 saturated heterocycles. The molecule has 2 atom stereocenters. The Morgan fingerprint density at radius 1 is 1.50 bits per heavy atom. The standard InChI is InChI=1S/C13H21NO2/c1-2-12(13-7-5-9-16-13)14-10-11-6-3-4-8-15-11/h5,7,9,11-12,14H,2-4,6,8,10H2,1H3. The predicted molar refractivity (Wildman–Crippen MR) is 63.3 cm³/mol. The molecule has 3 nitrogen and oxygen atoms in total. The zero-order valence-electron chi connectivity index (χ0n) is 9.95. The smallest absolute Gasteiger partial charge is 0.120 e. The van der Waals surface area contributed by atoms with Crippen molar-refractivity contribution in [3.8, 4) is 0 Å². The van der Waals surface area contributed by atoms with E-state index < -0.39 is 0 Å². The molecule has 90 valence electrons. The van der Waals surface area contributed by atoms with Gasteiger partial charge in [0.1, 0.15) is 5.76 Å². The molecule has 1 N–H and O–H groups in total. The second-order valence-corrected chi connectivity index (χ2v) is 4.37. The van der Waals surface area contributed by atoms with Crippen LogP contribution in [0.5, 0.6) is 0 Å². The molecule has 3 heteroatoms. The van der Waals surface area contributed by atoms with Crippen molar-refractivity contribution in [1.82, 2.24) is 5.32 Å². The Bertz CT molecular complexity index is 278. The fourth-order valence-corrected chi connectivity index (χ4v) is 2.18. The summed E-state index contributed by atoms with van der Waals surface area (Å²) in [6.45, 7) is 4.02. The highest BCUT2D eigenvalue weighted by Crippen LogP contribution is 2.18. The van der Waals surface area contributed by atoms with Gasteiger partial charge < -0.3 is 14.5 Å². The number of ether oxygens (including phenoxy) is 1. The first-order chi connectivity index (χ1) is 7.90. The number of rotatable bonds is 5. The first kappa shape index (κ1) is 11.7. The number of hydrogen-bond acceptors (Lipinski definition) is 3. The number of hydrogen-bond donors (Lipinski definition) is 1. The van der Waals surface area contributed by atoms with E-state index in [1.54, 1.807) is 6.26 Å². The van der Waals surface area contributed by atoms with Gasteiger partial charge in [-0.3, -0.25) is 0 Å². The molecule has 0 radical (unpaired) electrons. The van der Waals surface area contributed by atoms with Gasteiger partial charge in [-0.25, -0.2) is 0 Å². The second kappa shape index (κ2) is 6.06. The molecular formula is C13H21NO2. The van der Waals surface area contributed by atoms with Crippen LogP contribution in [0.1, 0.15) is 44.4 Å². The van der Waals surface area contributed by atoms with Crippen molar-refractivity contribution in [1.29, 1.82) is 0 Å². The van der Waals surface area contributed by atoms with Crippen molar-refractivity contribution < 1.29 is 9.15 Å². The maximum Gasteiger partial charge on any atom is 0.120 e. The third-order valence-corrected chi connectivity index (χ3v) is 3.16. The molecule has 1 aliphatic heterocycles. The minimum atomic E-state index is 0.320. The highest BCUT2D eigenvalue weighted by Gasteiger charge is 2.17. The van der Waals surface area contributed by atoms with Gasteiger partial charge >= 0.3 is 0 Å². The maximum absolute atomic E-state index is 5.70. The van der Waals surface area contributed by atoms with E-state index in [1.165, 1.54) is 19.3 Å². The molecule has 0 amide bonds. The Morgan fingerprint density at radius 3 is 3.06 bits per heavy atom. The molecule has 0 saturated carbocycles. The molecule has 16 heavy (non-hydrogen) atoms. The maximum atomic E-state index is 5.70. The van der Waals surface area contributed by atoms with Crippen molar-refractivity contribution in [3.63, 3.8) is 0 Å². The summed E-state index contributed by atoms with van der Waals surface area (Å²) in [5, 5.41) is 3.52. The summed E-state index contributed by atoms with van der Waals surface area (Å²) in [5.41, 5.74) is 0. The molecular weight excluding hydrogens is 202 g/mol. The van der Waals surface area contributed by atoms with Crippen LogP contribution in [0, 0.1) is 0 Å². The van der Waals surface area contributed by atoms with Gasteiger partial charge in [-0.15, -0.1) is 0 Å². The molecule has 0 aliphatic carbocycles. The van der Waals surface area contributed by atoms with Gasteiger partial charge in [-0.1, -0.05) is 6.92 Å². The van der Waals surface area contributed by atoms with E-state index in [1.807, 2.05) is 12.1 Å². The summed E-state index contributed by atoms with van der Waals surface area (Å²) in [7, 11) is 0. The summed E-state index contributed by atoms with van der Waals surface area (Å²) in [6.07, 6.45) is 6.85. The Kier molecular flexibility index (Phi) is 4.43. The Hall–Kier alpha value is -0.800. The largest absolute Gasteiger partial charge is 0.468 e. The molecule has 1 aliphatic rings. The predicted octanol–water partition coefficient (Wildman–Crippen LogP) is 2.89. The second-order valence-electron chi connectivity index (χ2n) is 4.37. The van der Waals surface area contributed by atoms with Gasteiger partial charge in [0.05, 0.1) is 18.4 Å². The van der Waals surface area contributed by atoms with E-state index in [4.69, 9.17) is 9.15 Å². The van der Waals surface area contributed by atoms with Gasteiger partial charge in [0, 0.05) is 13.2 Å². The highest BCUT2D eigenvalue weighted by atomic mass is 16.5. The quantitative estimate of drug-likeness (QED) is 0.833. The third-order valence-electron chi connectivity index (χ3n) is 3.16. The molecule has 1 fully saturated rings. The van der Waals surface area contributed by atoms with Gasteiger partial charge in [-0.2, -0.15) is 0 Å². The normalized spacial score (nSPS) is 23.2. The van der Waals surface area contributed by atoms with Gasteiger partial charge in [0.15, 0.2) is 0 Å². The molecule has 2 unspecified atom stereocenters. The average Bonchev–Trinajstić information content (AvgIpc) is 2.85. The van der Waals surface area contributed by atoms with Crippen molar-refractivity contribution in [2.24, 2.45) is 0 Å². The molecule has 0 spiro atoms. The van der Waals surface area contributed by atoms with E-state index in [2.05, 4.69) is 12.2 Å². The van der Waals surface area contributed by atoms with E-state index in [0.717, 1.165) is 25.3 Å². The van der Waals surface area contributed by atoms with Crippen LogP contribution in [-0.2, 0) is 4.74 Å². The van der Waals surface area contributed by atoms with Crippen LogP contribution in [0.15, 0.2) is 22.8 Å². The number of nitrogens with one attached hydrogen (secondary N) is 1. The SMILES string of the molecule is CCC(NCC1CCCCO1)c1ccco1. The van der Waals surface area contributed by atoms with Crippen LogP contribution >= 0.6 is 0 Å². The first-order valence-electron chi connectivity index (χ1n) is 6.28. The lowest BCUT2D eigenvalue weighted by molar-refractivity contribution is 0.0149. The molecule has 1 aromatic rings. The summed E-state index contributed by atoms with van der Waals surface area (Å²) in [4.78, 5) is 0. The van der Waals surface area contributed by atoms with Crippen LogP contribution in [0.3, 0.4) is 0 Å². The Labute approximate surface area is 97.2 Å². The van der Waals surface area contributed by atoms with E-state index in [0.29, 0.717) is 12.1 Å². The van der Waals surface area contributed by atoms with E-state index >= 15 is 0 Å². The zero-order chi connectivity index (χ0) is 11.2. The fourth-order valence-electron chi connectivity index (χ4n) is 2.18. The third kappa shape index (κ3) is 3.09. The van der Waals surface area contributed by atoms with Crippen LogP contribution in [0.2, 0.25) is 0 Å². The van der Waals surface area contributed by atoms with E-state index in [9.17, 15) is 0 Å². The van der Waals surface area contributed by atoms with Gasteiger partial charge in [0.25, 0.3) is 0 Å². The Morgan fingerprint density at radius 2 is 2.44 bits per heavy atom. The van der Waals surface area contributed by atoms with E-state index in [-0.39, 0.29) is 0 Å². The number of furan rings is 1. The summed E-state index contributed by atoms with van der Waals surface area (Å²) < 4.78 is 11.1. The Balaban J connectivity index is 1.78. The topological polar surface area (TPSA) is 34.4 Å². The van der Waals surface area contributed by atoms with Crippen LogP contribution in [0.25, 0.3) is 0 Å². The lowest BCUT2D eigenvalue weighted by Crippen LogP contribution is -2.33. The molecule has 0 bridgehead atoms. The van der Waals surface area contributed by atoms with Crippen molar-refractivity contribution in [3.05, 3.63) is 24.2 Å². The molecule has 2 rings (SSSR count). The summed E-state index contributed by atoms with van der Waals surface area (Å²) >= 11 is 0. The minimum Gasteiger partial charge on any atom is -0.468 e. The van der Waals surface area contributed by atoms with Crippen molar-refractivity contribution in [2.45, 2.75) is 44.8 Å². The zero-order valence-corrected chi connectivity index (χ0v) is 9.95. The van der Waals surface area contributed by atoms with Crippen LogP contribution in [-0.4, -0.2) is 19.3 Å². The monoisotopic (exact) mass is 223 g/mol. The van der Waals surface area contributed by atoms with Gasteiger partial charge in [-0.05, 0) is 37.8 Å². The summed E-state index contributed by atoms with van der Waals surface area (Å²) in [6, 6.07) is 4.29. The van der Waals surface area contributed by atoms with Crippen LogP contribution < -0.4 is 5.32 Å². The fraction of sp³-hybridized carbons (Fsp3) is 0.692. The molecule has 1 aromatic heterocycles.